The first kappa shape index (κ1) is 17.7. The van der Waals surface area contributed by atoms with Gasteiger partial charge in [-0.15, -0.1) is 0 Å². The Morgan fingerprint density at radius 3 is 2.67 bits per heavy atom. The molecular formula is C13H21F3N2O3. The van der Waals surface area contributed by atoms with E-state index >= 15 is 0 Å². The van der Waals surface area contributed by atoms with Crippen molar-refractivity contribution in [1.29, 1.82) is 0 Å². The molecule has 0 saturated carbocycles. The molecule has 2 amide bonds. The SMILES string of the molecule is CCC(C)C(O)CNC(=O)C1CC(=O)N(CC(F)(F)F)C1. The number of aliphatic hydroxyl groups excluding tert-OH is 1. The Balaban J connectivity index is 2.45. The number of amides is 2. The summed E-state index contributed by atoms with van der Waals surface area (Å²) in [6.07, 6.45) is -4.64. The molecular weight excluding hydrogens is 289 g/mol. The second-order valence-corrected chi connectivity index (χ2v) is 5.49. The molecule has 2 N–H and O–H groups in total. The third-order valence-electron chi connectivity index (χ3n) is 3.74. The summed E-state index contributed by atoms with van der Waals surface area (Å²) in [7, 11) is 0. The van der Waals surface area contributed by atoms with E-state index < -0.39 is 36.6 Å². The van der Waals surface area contributed by atoms with Crippen LogP contribution >= 0.6 is 0 Å². The maximum absolute atomic E-state index is 12.3. The van der Waals surface area contributed by atoms with Gasteiger partial charge in [0.1, 0.15) is 6.54 Å². The predicted molar refractivity (Wildman–Crippen MR) is 69.2 cm³/mol. The van der Waals surface area contributed by atoms with Crippen molar-refractivity contribution in [3.63, 3.8) is 0 Å². The van der Waals surface area contributed by atoms with Gasteiger partial charge >= 0.3 is 6.18 Å². The predicted octanol–water partition coefficient (Wildman–Crippen LogP) is 0.920. The quantitative estimate of drug-likeness (QED) is 0.766. The van der Waals surface area contributed by atoms with Gasteiger partial charge in [0.05, 0.1) is 12.0 Å². The maximum atomic E-state index is 12.3. The van der Waals surface area contributed by atoms with Gasteiger partial charge in [0.25, 0.3) is 0 Å². The average Bonchev–Trinajstić information content (AvgIpc) is 2.74. The lowest BCUT2D eigenvalue weighted by Gasteiger charge is -2.20. The number of halogens is 3. The van der Waals surface area contributed by atoms with E-state index in [2.05, 4.69) is 5.32 Å². The van der Waals surface area contributed by atoms with Crippen LogP contribution in [0.2, 0.25) is 0 Å². The molecule has 1 fully saturated rings. The van der Waals surface area contributed by atoms with Gasteiger partial charge in [0.15, 0.2) is 0 Å². The van der Waals surface area contributed by atoms with Crippen LogP contribution in [0.15, 0.2) is 0 Å². The molecule has 1 heterocycles. The lowest BCUT2D eigenvalue weighted by Crippen LogP contribution is -2.40. The van der Waals surface area contributed by atoms with Crippen LogP contribution in [0.5, 0.6) is 0 Å². The van der Waals surface area contributed by atoms with E-state index in [4.69, 9.17) is 0 Å². The summed E-state index contributed by atoms with van der Waals surface area (Å²) in [6.45, 7) is 2.22. The number of nitrogens with zero attached hydrogens (tertiary/aromatic N) is 1. The number of carbonyl (C=O) groups is 2. The van der Waals surface area contributed by atoms with Gasteiger partial charge in [-0.05, 0) is 5.92 Å². The molecule has 0 aromatic carbocycles. The number of likely N-dealkylation sites (tertiary alicyclic amines) is 1. The van der Waals surface area contributed by atoms with Crippen molar-refractivity contribution < 1.29 is 27.9 Å². The van der Waals surface area contributed by atoms with Gasteiger partial charge in [-0.3, -0.25) is 9.59 Å². The van der Waals surface area contributed by atoms with Crippen LogP contribution in [0, 0.1) is 11.8 Å². The zero-order chi connectivity index (χ0) is 16.2. The molecule has 3 unspecified atom stereocenters. The second-order valence-electron chi connectivity index (χ2n) is 5.49. The lowest BCUT2D eigenvalue weighted by molar-refractivity contribution is -0.157. The Bertz CT molecular complexity index is 387. The Morgan fingerprint density at radius 1 is 1.52 bits per heavy atom. The van der Waals surface area contributed by atoms with E-state index in [-0.39, 0.29) is 25.4 Å². The van der Waals surface area contributed by atoms with Crippen LogP contribution in [0.4, 0.5) is 13.2 Å². The number of alkyl halides is 3. The van der Waals surface area contributed by atoms with Crippen LogP contribution in [0.3, 0.4) is 0 Å². The third kappa shape index (κ3) is 5.53. The first-order valence-corrected chi connectivity index (χ1v) is 6.94. The summed E-state index contributed by atoms with van der Waals surface area (Å²) in [5.41, 5.74) is 0. The summed E-state index contributed by atoms with van der Waals surface area (Å²) in [6, 6.07) is 0. The highest BCUT2D eigenvalue weighted by Gasteiger charge is 2.40. The van der Waals surface area contributed by atoms with Crippen molar-refractivity contribution in [2.45, 2.75) is 39.0 Å². The summed E-state index contributed by atoms with van der Waals surface area (Å²) >= 11 is 0. The first-order valence-electron chi connectivity index (χ1n) is 6.94. The molecule has 3 atom stereocenters. The Hall–Kier alpha value is -1.31. The van der Waals surface area contributed by atoms with Crippen molar-refractivity contribution in [2.75, 3.05) is 19.6 Å². The van der Waals surface area contributed by atoms with Crippen LogP contribution in [0.25, 0.3) is 0 Å². The number of carbonyl (C=O) groups excluding carboxylic acids is 2. The minimum Gasteiger partial charge on any atom is -0.391 e. The Kier molecular flexibility index (Phi) is 6.00. The van der Waals surface area contributed by atoms with E-state index in [0.29, 0.717) is 4.90 Å². The van der Waals surface area contributed by atoms with Crippen LogP contribution in [-0.2, 0) is 9.59 Å². The molecule has 122 valence electrons. The first-order chi connectivity index (χ1) is 9.64. The monoisotopic (exact) mass is 310 g/mol. The number of aliphatic hydroxyl groups is 1. The second kappa shape index (κ2) is 7.11. The minimum absolute atomic E-state index is 0.0113. The zero-order valence-corrected chi connectivity index (χ0v) is 12.1. The van der Waals surface area contributed by atoms with Crippen molar-refractivity contribution in [2.24, 2.45) is 11.8 Å². The molecule has 0 aromatic rings. The van der Waals surface area contributed by atoms with Crippen LogP contribution in [0.1, 0.15) is 26.7 Å². The van der Waals surface area contributed by atoms with Gasteiger partial charge in [0, 0.05) is 19.5 Å². The van der Waals surface area contributed by atoms with Gasteiger partial charge in [-0.2, -0.15) is 13.2 Å². The standard InChI is InChI=1S/C13H21F3N2O3/c1-3-8(2)10(19)5-17-12(21)9-4-11(20)18(6-9)7-13(14,15)16/h8-10,19H,3-7H2,1-2H3,(H,17,21). The molecule has 0 aromatic heterocycles. The van der Waals surface area contributed by atoms with E-state index in [1.54, 1.807) is 0 Å². The molecule has 8 heteroatoms. The highest BCUT2D eigenvalue weighted by atomic mass is 19.4. The lowest BCUT2D eigenvalue weighted by atomic mass is 10.0. The number of hydrogen-bond acceptors (Lipinski definition) is 3. The summed E-state index contributed by atoms with van der Waals surface area (Å²) < 4.78 is 36.8. The van der Waals surface area contributed by atoms with E-state index in [0.717, 1.165) is 6.42 Å². The van der Waals surface area contributed by atoms with Crippen LogP contribution < -0.4 is 5.32 Å². The molecule has 0 aliphatic carbocycles. The van der Waals surface area contributed by atoms with Crippen molar-refractivity contribution in [3.05, 3.63) is 0 Å². The average molecular weight is 310 g/mol. The molecule has 1 rings (SSSR count). The topological polar surface area (TPSA) is 69.6 Å². The van der Waals surface area contributed by atoms with Gasteiger partial charge in [-0.1, -0.05) is 20.3 Å². The van der Waals surface area contributed by atoms with Crippen molar-refractivity contribution >= 4 is 11.8 Å². The molecule has 1 aliphatic heterocycles. The third-order valence-corrected chi connectivity index (χ3v) is 3.74. The Morgan fingerprint density at radius 2 is 2.14 bits per heavy atom. The zero-order valence-electron chi connectivity index (χ0n) is 12.1. The molecule has 1 saturated heterocycles. The summed E-state index contributed by atoms with van der Waals surface area (Å²) in [4.78, 5) is 23.9. The van der Waals surface area contributed by atoms with Gasteiger partial charge in [0.2, 0.25) is 11.8 Å². The largest absolute Gasteiger partial charge is 0.406 e. The fourth-order valence-electron chi connectivity index (χ4n) is 2.14. The van der Waals surface area contributed by atoms with E-state index in [9.17, 15) is 27.9 Å². The van der Waals surface area contributed by atoms with E-state index in [1.165, 1.54) is 0 Å². The minimum atomic E-state index is -4.46. The Labute approximate surface area is 121 Å². The van der Waals surface area contributed by atoms with Crippen molar-refractivity contribution in [1.82, 2.24) is 10.2 Å². The fourth-order valence-corrected chi connectivity index (χ4v) is 2.14. The van der Waals surface area contributed by atoms with Gasteiger partial charge < -0.3 is 15.3 Å². The van der Waals surface area contributed by atoms with E-state index in [1.807, 2.05) is 13.8 Å². The highest BCUT2D eigenvalue weighted by molar-refractivity contribution is 5.89. The van der Waals surface area contributed by atoms with Crippen LogP contribution in [-0.4, -0.2) is 53.7 Å². The molecule has 21 heavy (non-hydrogen) atoms. The molecule has 1 aliphatic rings. The number of nitrogens with one attached hydrogen (secondary N) is 1. The molecule has 0 bridgehead atoms. The highest BCUT2D eigenvalue weighted by Crippen LogP contribution is 2.23. The molecule has 0 radical (unpaired) electrons. The normalized spacial score (nSPS) is 22.3. The molecule has 0 spiro atoms. The van der Waals surface area contributed by atoms with Gasteiger partial charge in [-0.25, -0.2) is 0 Å². The molecule has 5 nitrogen and oxygen atoms in total. The number of rotatable bonds is 6. The smallest absolute Gasteiger partial charge is 0.391 e. The van der Waals surface area contributed by atoms with Crippen molar-refractivity contribution in [3.8, 4) is 0 Å². The summed E-state index contributed by atoms with van der Waals surface area (Å²) in [5, 5.41) is 12.2. The fraction of sp³-hybridized carbons (Fsp3) is 0.846. The number of hydrogen-bond donors (Lipinski definition) is 2. The summed E-state index contributed by atoms with van der Waals surface area (Å²) in [5.74, 6) is -1.94. The maximum Gasteiger partial charge on any atom is 0.406 e.